The number of carboxylic acids is 1. The fourth-order valence-corrected chi connectivity index (χ4v) is 2.32. The quantitative estimate of drug-likeness (QED) is 0.713. The first-order valence-electron chi connectivity index (χ1n) is 7.55. The van der Waals surface area contributed by atoms with Gasteiger partial charge in [0.2, 0.25) is 0 Å². The van der Waals surface area contributed by atoms with Gasteiger partial charge in [0.15, 0.2) is 6.61 Å². The van der Waals surface area contributed by atoms with Gasteiger partial charge in [-0.25, -0.2) is 14.8 Å². The minimum Gasteiger partial charge on any atom is -0.478 e. The standard InChI is InChI=1S/C18H15N3O4/c22-16(11-25-18-20-9-14(10-21-18)17(23)24)19-8-13-6-3-5-12-4-1-2-7-15(12)13/h1-7,9-10H,8,11H2,(H,19,22)(H,23,24). The van der Waals surface area contributed by atoms with Crippen LogP contribution in [0.15, 0.2) is 54.9 Å². The molecule has 1 amide bonds. The summed E-state index contributed by atoms with van der Waals surface area (Å²) in [6, 6.07) is 13.8. The van der Waals surface area contributed by atoms with Crippen LogP contribution >= 0.6 is 0 Å². The molecule has 0 aliphatic carbocycles. The summed E-state index contributed by atoms with van der Waals surface area (Å²) in [5.74, 6) is -1.45. The van der Waals surface area contributed by atoms with E-state index in [-0.39, 0.29) is 24.1 Å². The Bertz CT molecular complexity index is 904. The van der Waals surface area contributed by atoms with Gasteiger partial charge in [-0.05, 0) is 16.3 Å². The number of benzene rings is 2. The number of ether oxygens (including phenoxy) is 1. The number of nitrogens with one attached hydrogen (secondary N) is 1. The molecule has 7 heteroatoms. The number of hydrogen-bond donors (Lipinski definition) is 2. The molecule has 0 aliphatic heterocycles. The molecule has 2 aromatic carbocycles. The van der Waals surface area contributed by atoms with Crippen LogP contribution in [0, 0.1) is 0 Å². The van der Waals surface area contributed by atoms with E-state index < -0.39 is 5.97 Å². The summed E-state index contributed by atoms with van der Waals surface area (Å²) < 4.78 is 5.15. The van der Waals surface area contributed by atoms with E-state index in [1.54, 1.807) is 0 Å². The zero-order chi connectivity index (χ0) is 17.6. The molecule has 0 saturated carbocycles. The number of carbonyl (C=O) groups excluding carboxylic acids is 1. The lowest BCUT2D eigenvalue weighted by Crippen LogP contribution is -2.28. The molecule has 25 heavy (non-hydrogen) atoms. The number of rotatable bonds is 6. The highest BCUT2D eigenvalue weighted by atomic mass is 16.5. The van der Waals surface area contributed by atoms with Crippen LogP contribution in [-0.2, 0) is 11.3 Å². The first-order valence-corrected chi connectivity index (χ1v) is 7.55. The Balaban J connectivity index is 1.55. The number of nitrogens with zero attached hydrogens (tertiary/aromatic N) is 2. The van der Waals surface area contributed by atoms with Crippen LogP contribution in [0.4, 0.5) is 0 Å². The second-order valence-corrected chi connectivity index (χ2v) is 5.26. The molecular formula is C18H15N3O4. The first-order chi connectivity index (χ1) is 12.1. The number of hydrogen-bond acceptors (Lipinski definition) is 5. The van der Waals surface area contributed by atoms with Crippen LogP contribution in [-0.4, -0.2) is 33.6 Å². The van der Waals surface area contributed by atoms with Gasteiger partial charge in [-0.15, -0.1) is 0 Å². The van der Waals surface area contributed by atoms with E-state index in [4.69, 9.17) is 9.84 Å². The van der Waals surface area contributed by atoms with Crippen molar-refractivity contribution in [3.63, 3.8) is 0 Å². The second-order valence-electron chi connectivity index (χ2n) is 5.26. The SMILES string of the molecule is O=C(COc1ncc(C(=O)O)cn1)NCc1cccc2ccccc12. The summed E-state index contributed by atoms with van der Waals surface area (Å²) in [6.45, 7) is 0.125. The molecule has 1 aromatic heterocycles. The van der Waals surface area contributed by atoms with Crippen molar-refractivity contribution in [1.82, 2.24) is 15.3 Å². The molecule has 0 aliphatic rings. The van der Waals surface area contributed by atoms with E-state index in [1.807, 2.05) is 42.5 Å². The third-order valence-corrected chi connectivity index (χ3v) is 3.56. The van der Waals surface area contributed by atoms with Gasteiger partial charge in [0.05, 0.1) is 5.56 Å². The number of aromatic carboxylic acids is 1. The number of carbonyl (C=O) groups is 2. The van der Waals surface area contributed by atoms with E-state index in [0.29, 0.717) is 6.54 Å². The molecule has 126 valence electrons. The normalized spacial score (nSPS) is 10.4. The van der Waals surface area contributed by atoms with Crippen LogP contribution in [0.3, 0.4) is 0 Å². The predicted octanol–water partition coefficient (Wildman–Crippen LogP) is 2.02. The summed E-state index contributed by atoms with van der Waals surface area (Å²) in [5.41, 5.74) is 0.960. The number of amides is 1. The summed E-state index contributed by atoms with van der Waals surface area (Å²) in [7, 11) is 0. The minimum atomic E-state index is -1.13. The smallest absolute Gasteiger partial charge is 0.338 e. The Kier molecular flexibility index (Phi) is 4.84. The lowest BCUT2D eigenvalue weighted by atomic mass is 10.0. The molecule has 0 unspecified atom stereocenters. The van der Waals surface area contributed by atoms with E-state index in [9.17, 15) is 9.59 Å². The van der Waals surface area contributed by atoms with Crippen molar-refractivity contribution in [3.05, 3.63) is 66.0 Å². The molecular weight excluding hydrogens is 322 g/mol. The van der Waals surface area contributed by atoms with Crippen molar-refractivity contribution in [2.75, 3.05) is 6.61 Å². The summed E-state index contributed by atoms with van der Waals surface area (Å²) >= 11 is 0. The van der Waals surface area contributed by atoms with Crippen molar-refractivity contribution in [2.24, 2.45) is 0 Å². The molecule has 0 fully saturated rings. The third kappa shape index (κ3) is 4.08. The maximum absolute atomic E-state index is 11.9. The van der Waals surface area contributed by atoms with Crippen LogP contribution in [0.1, 0.15) is 15.9 Å². The average molecular weight is 337 g/mol. The Hall–Kier alpha value is -3.48. The highest BCUT2D eigenvalue weighted by Gasteiger charge is 2.08. The maximum Gasteiger partial charge on any atom is 0.338 e. The number of aromatic nitrogens is 2. The average Bonchev–Trinajstić information content (AvgIpc) is 2.65. The van der Waals surface area contributed by atoms with Crippen LogP contribution in [0.5, 0.6) is 6.01 Å². The largest absolute Gasteiger partial charge is 0.478 e. The van der Waals surface area contributed by atoms with Gasteiger partial charge in [0.1, 0.15) is 0 Å². The molecule has 3 aromatic rings. The van der Waals surface area contributed by atoms with Gasteiger partial charge in [0, 0.05) is 18.9 Å². The van der Waals surface area contributed by atoms with E-state index in [1.165, 1.54) is 0 Å². The zero-order valence-electron chi connectivity index (χ0n) is 13.2. The van der Waals surface area contributed by atoms with Gasteiger partial charge in [-0.2, -0.15) is 0 Å². The summed E-state index contributed by atoms with van der Waals surface area (Å²) in [4.78, 5) is 30.1. The second kappa shape index (κ2) is 7.39. The monoisotopic (exact) mass is 337 g/mol. The molecule has 3 rings (SSSR count). The van der Waals surface area contributed by atoms with Gasteiger partial charge in [-0.1, -0.05) is 42.5 Å². The number of carboxylic acid groups (broad SMARTS) is 1. The summed E-state index contributed by atoms with van der Waals surface area (Å²) in [6.07, 6.45) is 2.25. The topological polar surface area (TPSA) is 101 Å². The lowest BCUT2D eigenvalue weighted by Gasteiger charge is -2.09. The Morgan fingerprint density at radius 2 is 1.76 bits per heavy atom. The zero-order valence-corrected chi connectivity index (χ0v) is 13.2. The van der Waals surface area contributed by atoms with Crippen molar-refractivity contribution in [2.45, 2.75) is 6.54 Å². The lowest BCUT2D eigenvalue weighted by molar-refractivity contribution is -0.123. The van der Waals surface area contributed by atoms with Gasteiger partial charge >= 0.3 is 12.0 Å². The minimum absolute atomic E-state index is 0.0484. The van der Waals surface area contributed by atoms with Crippen LogP contribution in [0.2, 0.25) is 0 Å². The highest BCUT2D eigenvalue weighted by Crippen LogP contribution is 2.18. The number of fused-ring (bicyclic) bond motifs is 1. The van der Waals surface area contributed by atoms with Crippen LogP contribution < -0.4 is 10.1 Å². The van der Waals surface area contributed by atoms with E-state index in [2.05, 4.69) is 15.3 Å². The van der Waals surface area contributed by atoms with Crippen molar-refractivity contribution in [1.29, 1.82) is 0 Å². The molecule has 0 saturated heterocycles. The van der Waals surface area contributed by atoms with E-state index >= 15 is 0 Å². The molecule has 1 heterocycles. The Morgan fingerprint density at radius 1 is 1.04 bits per heavy atom. The predicted molar refractivity (Wildman–Crippen MR) is 90.3 cm³/mol. The van der Waals surface area contributed by atoms with Gasteiger partial charge in [-0.3, -0.25) is 4.79 Å². The molecule has 0 atom stereocenters. The maximum atomic E-state index is 11.9. The van der Waals surface area contributed by atoms with Crippen LogP contribution in [0.25, 0.3) is 10.8 Å². The Morgan fingerprint density at radius 3 is 2.52 bits per heavy atom. The fourth-order valence-electron chi connectivity index (χ4n) is 2.32. The van der Waals surface area contributed by atoms with Crippen molar-refractivity contribution in [3.8, 4) is 6.01 Å². The third-order valence-electron chi connectivity index (χ3n) is 3.56. The summed E-state index contributed by atoms with van der Waals surface area (Å²) in [5, 5.41) is 13.7. The van der Waals surface area contributed by atoms with E-state index in [0.717, 1.165) is 28.7 Å². The Labute approximate surface area is 143 Å². The van der Waals surface area contributed by atoms with Crippen molar-refractivity contribution >= 4 is 22.6 Å². The first kappa shape index (κ1) is 16.4. The van der Waals surface area contributed by atoms with Gasteiger partial charge in [0.25, 0.3) is 5.91 Å². The molecule has 0 spiro atoms. The fraction of sp³-hybridized carbons (Fsp3) is 0.111. The molecule has 0 bridgehead atoms. The highest BCUT2D eigenvalue weighted by molar-refractivity contribution is 5.87. The van der Waals surface area contributed by atoms with Gasteiger partial charge < -0.3 is 15.2 Å². The molecule has 2 N–H and O–H groups in total. The van der Waals surface area contributed by atoms with Crippen molar-refractivity contribution < 1.29 is 19.4 Å². The molecule has 7 nitrogen and oxygen atoms in total. The molecule has 0 radical (unpaired) electrons.